The molecule has 2 aromatic carbocycles. The SMILES string of the molecule is O=C(O)[C@@H]1CSC(c2ccc(Cl)cc2)N1C(=O)CCSSCCC(=O)N1C(c2ccc(Cl)cc2)SC[C@H]1C(=O)O. The molecule has 2 unspecified atom stereocenters. The normalized spacial score (nSPS) is 22.4. The molecule has 0 aliphatic carbocycles. The van der Waals surface area contributed by atoms with Gasteiger partial charge in [-0.1, -0.05) is 69.1 Å². The minimum Gasteiger partial charge on any atom is -0.480 e. The average Bonchev–Trinajstić information content (AvgIpc) is 3.57. The van der Waals surface area contributed by atoms with E-state index in [1.807, 2.05) is 0 Å². The monoisotopic (exact) mass is 660 g/mol. The van der Waals surface area contributed by atoms with Gasteiger partial charge in [-0.05, 0) is 35.4 Å². The molecular weight excluding hydrogens is 635 g/mol. The van der Waals surface area contributed by atoms with Crippen molar-refractivity contribution in [2.75, 3.05) is 23.0 Å². The highest BCUT2D eigenvalue weighted by atomic mass is 35.5. The molecule has 4 atom stereocenters. The van der Waals surface area contributed by atoms with Gasteiger partial charge in [-0.3, -0.25) is 9.59 Å². The number of amides is 2. The van der Waals surface area contributed by atoms with Gasteiger partial charge in [0.25, 0.3) is 0 Å². The van der Waals surface area contributed by atoms with Gasteiger partial charge in [0.15, 0.2) is 0 Å². The van der Waals surface area contributed by atoms with Crippen LogP contribution >= 0.6 is 68.3 Å². The Kier molecular flexibility index (Phi) is 11.3. The van der Waals surface area contributed by atoms with Crippen LogP contribution in [0.2, 0.25) is 10.0 Å². The second kappa shape index (κ2) is 14.5. The van der Waals surface area contributed by atoms with Crippen molar-refractivity contribution in [2.24, 2.45) is 0 Å². The Hall–Kier alpha value is -1.70. The predicted octanol–water partition coefficient (Wildman–Crippen LogP) is 5.91. The lowest BCUT2D eigenvalue weighted by atomic mass is 10.1. The molecule has 4 rings (SSSR count). The van der Waals surface area contributed by atoms with Gasteiger partial charge in [-0.25, -0.2) is 9.59 Å². The van der Waals surface area contributed by atoms with Gasteiger partial charge in [0, 0.05) is 45.9 Å². The van der Waals surface area contributed by atoms with Crippen LogP contribution in [0.3, 0.4) is 0 Å². The van der Waals surface area contributed by atoms with Crippen LogP contribution in [0, 0.1) is 0 Å². The number of carboxylic acids is 2. The molecule has 2 N–H and O–H groups in total. The number of aliphatic carboxylic acids is 2. The van der Waals surface area contributed by atoms with Crippen molar-refractivity contribution < 1.29 is 29.4 Å². The fourth-order valence-electron chi connectivity index (χ4n) is 4.40. The van der Waals surface area contributed by atoms with Crippen molar-refractivity contribution in [3.63, 3.8) is 0 Å². The summed E-state index contributed by atoms with van der Waals surface area (Å²) in [6.07, 6.45) is 0.311. The molecule has 2 fully saturated rings. The van der Waals surface area contributed by atoms with E-state index in [9.17, 15) is 29.4 Å². The summed E-state index contributed by atoms with van der Waals surface area (Å²) in [5.74, 6) is -1.05. The highest BCUT2D eigenvalue weighted by Gasteiger charge is 2.43. The van der Waals surface area contributed by atoms with Crippen LogP contribution in [0.15, 0.2) is 48.5 Å². The first-order chi connectivity index (χ1) is 19.2. The molecule has 8 nitrogen and oxygen atoms in total. The van der Waals surface area contributed by atoms with Crippen LogP contribution in [0.25, 0.3) is 0 Å². The van der Waals surface area contributed by atoms with Crippen LogP contribution < -0.4 is 0 Å². The number of rotatable bonds is 11. The summed E-state index contributed by atoms with van der Waals surface area (Å²) in [6, 6.07) is 12.3. The van der Waals surface area contributed by atoms with Crippen LogP contribution in [-0.2, 0) is 19.2 Å². The molecule has 0 radical (unpaired) electrons. The van der Waals surface area contributed by atoms with Gasteiger partial charge in [-0.2, -0.15) is 0 Å². The number of hydrogen-bond donors (Lipinski definition) is 2. The van der Waals surface area contributed by atoms with E-state index in [2.05, 4.69) is 0 Å². The zero-order valence-electron chi connectivity index (χ0n) is 21.0. The molecule has 40 heavy (non-hydrogen) atoms. The maximum Gasteiger partial charge on any atom is 0.327 e. The standard InChI is InChI=1S/C26H26Cl2N2O6S4/c27-17-5-1-15(2-6-17)23-29(19(13-37-23)25(33)34)21(31)9-11-39-40-12-10-22(32)30-20(26(35)36)14-38-24(30)16-3-7-18(28)8-4-16/h1-8,19-20,23-24H,9-14H2,(H,33,34)(H,35,36)/t19-,20-,23?,24?/m0/s1. The molecule has 2 aliphatic heterocycles. The van der Waals surface area contributed by atoms with Crippen molar-refractivity contribution in [2.45, 2.75) is 35.7 Å². The maximum absolute atomic E-state index is 13.1. The number of hydrogen-bond acceptors (Lipinski definition) is 8. The van der Waals surface area contributed by atoms with Gasteiger partial charge in [0.2, 0.25) is 11.8 Å². The largest absolute Gasteiger partial charge is 0.480 e. The topological polar surface area (TPSA) is 115 Å². The summed E-state index contributed by atoms with van der Waals surface area (Å²) in [5.41, 5.74) is 1.65. The number of halogens is 2. The molecule has 2 aromatic rings. The smallest absolute Gasteiger partial charge is 0.327 e. The minimum atomic E-state index is -1.03. The Morgan fingerprint density at radius 3 is 1.38 bits per heavy atom. The summed E-state index contributed by atoms with van der Waals surface area (Å²) in [5, 5.41) is 19.7. The first-order valence-electron chi connectivity index (χ1n) is 12.2. The Balaban J connectivity index is 1.27. The lowest BCUT2D eigenvalue weighted by molar-refractivity contribution is -0.149. The van der Waals surface area contributed by atoms with E-state index in [4.69, 9.17) is 23.2 Å². The lowest BCUT2D eigenvalue weighted by Gasteiger charge is -2.28. The van der Waals surface area contributed by atoms with E-state index in [1.165, 1.54) is 54.9 Å². The zero-order valence-corrected chi connectivity index (χ0v) is 25.8. The number of benzene rings is 2. The van der Waals surface area contributed by atoms with E-state index < -0.39 is 34.8 Å². The van der Waals surface area contributed by atoms with E-state index in [0.29, 0.717) is 33.1 Å². The molecule has 0 spiro atoms. The van der Waals surface area contributed by atoms with E-state index in [-0.39, 0.29) is 24.7 Å². The summed E-state index contributed by atoms with van der Waals surface area (Å²) >= 11 is 14.8. The minimum absolute atomic E-state index is 0.155. The number of thioether (sulfide) groups is 2. The highest BCUT2D eigenvalue weighted by Crippen LogP contribution is 2.43. The van der Waals surface area contributed by atoms with E-state index in [1.54, 1.807) is 48.5 Å². The molecule has 14 heteroatoms. The molecule has 0 saturated carbocycles. The van der Waals surface area contributed by atoms with Crippen molar-refractivity contribution >= 4 is 92.1 Å². The molecule has 0 bridgehead atoms. The quantitative estimate of drug-likeness (QED) is 0.223. The molecular formula is C26H26Cl2N2O6S4. The summed E-state index contributed by atoms with van der Waals surface area (Å²) < 4.78 is 0. The Bertz CT molecular complexity index is 1140. The Morgan fingerprint density at radius 2 is 1.05 bits per heavy atom. The summed E-state index contributed by atoms with van der Waals surface area (Å²) in [4.78, 5) is 52.7. The number of carbonyl (C=O) groups excluding carboxylic acids is 2. The lowest BCUT2D eigenvalue weighted by Crippen LogP contribution is -2.43. The Morgan fingerprint density at radius 1 is 0.700 bits per heavy atom. The number of carbonyl (C=O) groups is 4. The van der Waals surface area contributed by atoms with Gasteiger partial charge < -0.3 is 20.0 Å². The van der Waals surface area contributed by atoms with Crippen molar-refractivity contribution in [3.8, 4) is 0 Å². The first-order valence-corrected chi connectivity index (χ1v) is 17.6. The predicted molar refractivity (Wildman–Crippen MR) is 164 cm³/mol. The Labute approximate surface area is 258 Å². The van der Waals surface area contributed by atoms with Crippen LogP contribution in [0.4, 0.5) is 0 Å². The van der Waals surface area contributed by atoms with Crippen LogP contribution in [-0.4, -0.2) is 78.9 Å². The summed E-state index contributed by atoms with van der Waals surface area (Å²) in [7, 11) is 2.86. The third-order valence-electron chi connectivity index (χ3n) is 6.34. The van der Waals surface area contributed by atoms with Crippen molar-refractivity contribution in [3.05, 3.63) is 69.7 Å². The zero-order chi connectivity index (χ0) is 28.8. The van der Waals surface area contributed by atoms with Gasteiger partial charge >= 0.3 is 11.9 Å². The second-order valence-corrected chi connectivity index (χ2v) is 14.7. The van der Waals surface area contributed by atoms with E-state index >= 15 is 0 Å². The second-order valence-electron chi connectivity index (χ2n) is 8.93. The highest BCUT2D eigenvalue weighted by molar-refractivity contribution is 8.76. The van der Waals surface area contributed by atoms with Crippen molar-refractivity contribution in [1.82, 2.24) is 9.80 Å². The fourth-order valence-corrected chi connectivity index (χ4v) is 9.50. The van der Waals surface area contributed by atoms with Crippen molar-refractivity contribution in [1.29, 1.82) is 0 Å². The third kappa shape index (κ3) is 7.57. The molecule has 0 aromatic heterocycles. The fraction of sp³-hybridized carbons (Fsp3) is 0.385. The number of carboxylic acid groups (broad SMARTS) is 2. The van der Waals surface area contributed by atoms with Gasteiger partial charge in [0.1, 0.15) is 22.8 Å². The molecule has 2 heterocycles. The van der Waals surface area contributed by atoms with Gasteiger partial charge in [0.05, 0.1) is 0 Å². The molecule has 2 aliphatic rings. The third-order valence-corrected chi connectivity index (χ3v) is 11.9. The van der Waals surface area contributed by atoms with Crippen LogP contribution in [0.5, 0.6) is 0 Å². The van der Waals surface area contributed by atoms with E-state index in [0.717, 1.165) is 11.1 Å². The molecule has 2 amide bonds. The molecule has 2 saturated heterocycles. The molecule has 214 valence electrons. The summed E-state index contributed by atoms with van der Waals surface area (Å²) in [6.45, 7) is 0. The first kappa shape index (κ1) is 31.2. The average molecular weight is 662 g/mol. The maximum atomic E-state index is 13.1. The van der Waals surface area contributed by atoms with Crippen LogP contribution in [0.1, 0.15) is 34.7 Å². The van der Waals surface area contributed by atoms with Gasteiger partial charge in [-0.15, -0.1) is 23.5 Å². The number of nitrogens with zero attached hydrogens (tertiary/aromatic N) is 2.